The van der Waals surface area contributed by atoms with E-state index in [1.54, 1.807) is 11.7 Å². The highest BCUT2D eigenvalue weighted by atomic mass is 16.5. The zero-order chi connectivity index (χ0) is 22.9. The number of aromatic nitrogens is 3. The maximum atomic E-state index is 12.4. The van der Waals surface area contributed by atoms with Crippen molar-refractivity contribution in [1.82, 2.24) is 25.0 Å². The third-order valence-corrected chi connectivity index (χ3v) is 5.51. The molecule has 9 nitrogen and oxygen atoms in total. The molecule has 0 saturated heterocycles. The number of guanidine groups is 1. The summed E-state index contributed by atoms with van der Waals surface area (Å²) in [5.74, 6) is 3.13. The molecule has 1 atom stereocenters. The summed E-state index contributed by atoms with van der Waals surface area (Å²) < 4.78 is 14.8. The molecule has 1 aromatic heterocycles. The molecule has 1 aliphatic rings. The Labute approximate surface area is 189 Å². The van der Waals surface area contributed by atoms with Gasteiger partial charge in [0, 0.05) is 33.1 Å². The van der Waals surface area contributed by atoms with Crippen molar-refractivity contribution in [3.63, 3.8) is 0 Å². The fourth-order valence-corrected chi connectivity index (χ4v) is 3.85. The summed E-state index contributed by atoms with van der Waals surface area (Å²) in [6.45, 7) is 9.24. The third kappa shape index (κ3) is 5.83. The van der Waals surface area contributed by atoms with Crippen molar-refractivity contribution < 1.29 is 9.47 Å². The van der Waals surface area contributed by atoms with E-state index < -0.39 is 0 Å². The lowest BCUT2D eigenvalue weighted by molar-refractivity contribution is 0.287. The molecule has 176 valence electrons. The summed E-state index contributed by atoms with van der Waals surface area (Å²) in [5.41, 5.74) is 1.09. The smallest absolute Gasteiger partial charge is 0.345 e. The molecule has 3 rings (SSSR count). The molecule has 2 aromatic rings. The second-order valence-electron chi connectivity index (χ2n) is 7.82. The van der Waals surface area contributed by atoms with Gasteiger partial charge in [0.15, 0.2) is 17.5 Å². The van der Waals surface area contributed by atoms with Gasteiger partial charge in [-0.3, -0.25) is 9.56 Å². The van der Waals surface area contributed by atoms with Crippen molar-refractivity contribution in [2.45, 2.75) is 65.6 Å². The van der Waals surface area contributed by atoms with Crippen molar-refractivity contribution in [3.05, 3.63) is 40.1 Å². The lowest BCUT2D eigenvalue weighted by Gasteiger charge is -2.20. The Morgan fingerprint density at radius 2 is 2.00 bits per heavy atom. The number of aryl methyl sites for hydroxylation is 2. The van der Waals surface area contributed by atoms with E-state index in [2.05, 4.69) is 27.6 Å². The fourth-order valence-electron chi connectivity index (χ4n) is 3.85. The quantitative estimate of drug-likeness (QED) is 0.332. The van der Waals surface area contributed by atoms with Crippen LogP contribution in [0.15, 0.2) is 28.0 Å². The number of fused-ring (bicyclic) bond motifs is 1. The number of nitrogens with zero attached hydrogens (tertiary/aromatic N) is 4. The maximum Gasteiger partial charge on any atom is 0.345 e. The average molecular weight is 445 g/mol. The molecule has 0 amide bonds. The minimum absolute atomic E-state index is 0.0106. The largest absolute Gasteiger partial charge is 0.490 e. The summed E-state index contributed by atoms with van der Waals surface area (Å²) in [5, 5.41) is 11.2. The number of hydrogen-bond donors (Lipinski definition) is 2. The van der Waals surface area contributed by atoms with Gasteiger partial charge in [-0.2, -0.15) is 5.10 Å². The van der Waals surface area contributed by atoms with Gasteiger partial charge in [0.1, 0.15) is 5.82 Å². The molecule has 1 aliphatic heterocycles. The van der Waals surface area contributed by atoms with Crippen LogP contribution in [0.25, 0.3) is 0 Å². The van der Waals surface area contributed by atoms with Gasteiger partial charge >= 0.3 is 5.69 Å². The van der Waals surface area contributed by atoms with Crippen LogP contribution in [0.3, 0.4) is 0 Å². The van der Waals surface area contributed by atoms with Crippen LogP contribution in [0.4, 0.5) is 0 Å². The Hall–Kier alpha value is -2.97. The SMILES string of the molecule is CCOc1ccc(C(C)NC(=NC)NCCCn2nc3n(c2=O)CCCC3)cc1OCC. The van der Waals surface area contributed by atoms with Crippen LogP contribution in [0, 0.1) is 0 Å². The van der Waals surface area contributed by atoms with Crippen LogP contribution >= 0.6 is 0 Å². The highest BCUT2D eigenvalue weighted by molar-refractivity contribution is 5.80. The number of benzene rings is 1. The molecule has 2 heterocycles. The van der Waals surface area contributed by atoms with Gasteiger partial charge in [0.05, 0.1) is 19.3 Å². The van der Waals surface area contributed by atoms with E-state index >= 15 is 0 Å². The summed E-state index contributed by atoms with van der Waals surface area (Å²) in [6, 6.07) is 6.01. The molecule has 0 saturated carbocycles. The molecule has 0 bridgehead atoms. The van der Waals surface area contributed by atoms with Crippen molar-refractivity contribution in [2.24, 2.45) is 4.99 Å². The molecular formula is C23H36N6O3. The highest BCUT2D eigenvalue weighted by Gasteiger charge is 2.16. The standard InChI is InChI=1S/C23H36N6O3/c1-5-31-19-12-11-18(16-20(19)32-6-2)17(3)26-22(24-4)25-13-9-15-29-23(30)28-14-8-7-10-21(28)27-29/h11-12,16-17H,5-10,13-15H2,1-4H3,(H2,24,25,26). The average Bonchev–Trinajstić information content (AvgIpc) is 3.12. The van der Waals surface area contributed by atoms with Gasteiger partial charge in [-0.05, 0) is 57.7 Å². The van der Waals surface area contributed by atoms with Crippen LogP contribution < -0.4 is 25.8 Å². The maximum absolute atomic E-state index is 12.4. The van der Waals surface area contributed by atoms with Crippen molar-refractivity contribution in [1.29, 1.82) is 0 Å². The molecule has 2 N–H and O–H groups in total. The summed E-state index contributed by atoms with van der Waals surface area (Å²) in [6.07, 6.45) is 3.84. The zero-order valence-corrected chi connectivity index (χ0v) is 19.7. The van der Waals surface area contributed by atoms with Crippen LogP contribution in [-0.4, -0.2) is 47.1 Å². The van der Waals surface area contributed by atoms with Gasteiger partial charge in [0.2, 0.25) is 0 Å². The van der Waals surface area contributed by atoms with E-state index in [4.69, 9.17) is 9.47 Å². The first-order valence-electron chi connectivity index (χ1n) is 11.6. The second-order valence-corrected chi connectivity index (χ2v) is 7.82. The van der Waals surface area contributed by atoms with E-state index in [0.717, 1.165) is 55.1 Å². The van der Waals surface area contributed by atoms with Gasteiger partial charge in [0.25, 0.3) is 0 Å². The van der Waals surface area contributed by atoms with Gasteiger partial charge in [-0.25, -0.2) is 9.48 Å². The Bertz CT molecular complexity index is 965. The second kappa shape index (κ2) is 11.6. The van der Waals surface area contributed by atoms with Crippen LogP contribution in [0.5, 0.6) is 11.5 Å². The predicted octanol–water partition coefficient (Wildman–Crippen LogP) is 2.49. The van der Waals surface area contributed by atoms with Crippen molar-refractivity contribution in [3.8, 4) is 11.5 Å². The van der Waals surface area contributed by atoms with Crippen LogP contribution in [-0.2, 0) is 19.5 Å². The molecular weight excluding hydrogens is 408 g/mol. The lowest BCUT2D eigenvalue weighted by Crippen LogP contribution is -2.39. The molecule has 9 heteroatoms. The molecule has 0 radical (unpaired) electrons. The summed E-state index contributed by atoms with van der Waals surface area (Å²) in [4.78, 5) is 16.8. The summed E-state index contributed by atoms with van der Waals surface area (Å²) in [7, 11) is 1.75. The van der Waals surface area contributed by atoms with Crippen molar-refractivity contribution in [2.75, 3.05) is 26.8 Å². The van der Waals surface area contributed by atoms with Crippen molar-refractivity contribution >= 4 is 5.96 Å². The van der Waals surface area contributed by atoms with E-state index in [9.17, 15) is 4.79 Å². The Morgan fingerprint density at radius 3 is 2.72 bits per heavy atom. The third-order valence-electron chi connectivity index (χ3n) is 5.51. The number of hydrogen-bond acceptors (Lipinski definition) is 5. The predicted molar refractivity (Wildman–Crippen MR) is 126 cm³/mol. The number of aliphatic imine (C=N–C) groups is 1. The molecule has 1 aromatic carbocycles. The number of ether oxygens (including phenoxy) is 2. The Morgan fingerprint density at radius 1 is 1.22 bits per heavy atom. The normalized spacial score (nSPS) is 14.6. The van der Waals surface area contributed by atoms with Crippen LogP contribution in [0.2, 0.25) is 0 Å². The Balaban J connectivity index is 1.51. The van der Waals surface area contributed by atoms with Crippen LogP contribution in [0.1, 0.15) is 57.5 Å². The van der Waals surface area contributed by atoms with E-state index in [1.807, 2.05) is 36.6 Å². The van der Waals surface area contributed by atoms with E-state index in [0.29, 0.717) is 32.3 Å². The van der Waals surface area contributed by atoms with Gasteiger partial charge < -0.3 is 20.1 Å². The topological polar surface area (TPSA) is 94.7 Å². The van der Waals surface area contributed by atoms with E-state index in [-0.39, 0.29) is 11.7 Å². The lowest BCUT2D eigenvalue weighted by atomic mass is 10.1. The first-order valence-corrected chi connectivity index (χ1v) is 11.6. The number of nitrogens with one attached hydrogen (secondary N) is 2. The number of rotatable bonds is 10. The monoisotopic (exact) mass is 444 g/mol. The molecule has 1 unspecified atom stereocenters. The molecule has 0 spiro atoms. The minimum atomic E-state index is 0.0106. The highest BCUT2D eigenvalue weighted by Crippen LogP contribution is 2.30. The first-order chi connectivity index (χ1) is 15.6. The van der Waals surface area contributed by atoms with Gasteiger partial charge in [-0.1, -0.05) is 6.07 Å². The molecule has 32 heavy (non-hydrogen) atoms. The minimum Gasteiger partial charge on any atom is -0.490 e. The Kier molecular flexibility index (Phi) is 8.58. The zero-order valence-electron chi connectivity index (χ0n) is 19.7. The van der Waals surface area contributed by atoms with Gasteiger partial charge in [-0.15, -0.1) is 0 Å². The summed E-state index contributed by atoms with van der Waals surface area (Å²) >= 11 is 0. The van der Waals surface area contributed by atoms with E-state index in [1.165, 1.54) is 0 Å². The molecule has 0 fully saturated rings. The first kappa shape index (κ1) is 23.7. The molecule has 0 aliphatic carbocycles. The fraction of sp³-hybridized carbons (Fsp3) is 0.609.